The van der Waals surface area contributed by atoms with Crippen LogP contribution in [0.1, 0.15) is 25.5 Å². The molecule has 1 saturated heterocycles. The third-order valence-electron chi connectivity index (χ3n) is 5.10. The lowest BCUT2D eigenvalue weighted by Crippen LogP contribution is -2.32. The summed E-state index contributed by atoms with van der Waals surface area (Å²) in [5.41, 5.74) is 3.80. The van der Waals surface area contributed by atoms with E-state index in [4.69, 9.17) is 0 Å². The van der Waals surface area contributed by atoms with Crippen LogP contribution in [-0.2, 0) is 11.2 Å². The molecule has 1 aromatic carbocycles. The molecule has 6 heteroatoms. The lowest BCUT2D eigenvalue weighted by molar-refractivity contribution is -0.115. The Bertz CT molecular complexity index is 915. The van der Waals surface area contributed by atoms with Gasteiger partial charge in [-0.05, 0) is 55.2 Å². The second kappa shape index (κ2) is 8.52. The Morgan fingerprint density at radius 2 is 2.00 bits per heavy atom. The van der Waals surface area contributed by atoms with E-state index in [1.54, 1.807) is 12.4 Å². The molecule has 28 heavy (non-hydrogen) atoms. The van der Waals surface area contributed by atoms with Gasteiger partial charge >= 0.3 is 0 Å². The van der Waals surface area contributed by atoms with Crippen molar-refractivity contribution in [1.29, 1.82) is 0 Å². The molecule has 1 aliphatic rings. The SMILES string of the molecule is CC1CCN(c2ccc(NC(=O)Cc3csc(-c4cccnc4)n3)cc2)CC1. The minimum atomic E-state index is -0.0532. The van der Waals surface area contributed by atoms with Crippen molar-refractivity contribution >= 4 is 28.6 Å². The maximum Gasteiger partial charge on any atom is 0.230 e. The summed E-state index contributed by atoms with van der Waals surface area (Å²) in [5.74, 6) is 0.766. The number of carbonyl (C=O) groups excluding carboxylic acids is 1. The van der Waals surface area contributed by atoms with Gasteiger partial charge in [-0.25, -0.2) is 4.98 Å². The molecule has 5 nitrogen and oxygen atoms in total. The Morgan fingerprint density at radius 1 is 1.21 bits per heavy atom. The first-order valence-electron chi connectivity index (χ1n) is 9.67. The fourth-order valence-corrected chi connectivity index (χ4v) is 4.21. The molecule has 144 valence electrons. The quantitative estimate of drug-likeness (QED) is 0.688. The number of benzene rings is 1. The average molecular weight is 393 g/mol. The first kappa shape index (κ1) is 18.6. The average Bonchev–Trinajstić information content (AvgIpc) is 3.18. The lowest BCUT2D eigenvalue weighted by Gasteiger charge is -2.32. The van der Waals surface area contributed by atoms with Gasteiger partial charge in [0.15, 0.2) is 0 Å². The van der Waals surface area contributed by atoms with Crippen LogP contribution in [0, 0.1) is 5.92 Å². The van der Waals surface area contributed by atoms with Gasteiger partial charge in [0, 0.05) is 47.8 Å². The van der Waals surface area contributed by atoms with Crippen LogP contribution in [0.5, 0.6) is 0 Å². The summed E-state index contributed by atoms with van der Waals surface area (Å²) in [7, 11) is 0. The number of nitrogens with one attached hydrogen (secondary N) is 1. The molecule has 3 heterocycles. The van der Waals surface area contributed by atoms with Gasteiger partial charge in [-0.3, -0.25) is 9.78 Å². The van der Waals surface area contributed by atoms with E-state index in [1.807, 2.05) is 29.6 Å². The van der Waals surface area contributed by atoms with E-state index in [0.717, 1.165) is 41.0 Å². The third kappa shape index (κ3) is 4.57. The van der Waals surface area contributed by atoms with Crippen LogP contribution in [0.25, 0.3) is 10.6 Å². The van der Waals surface area contributed by atoms with Gasteiger partial charge in [0.2, 0.25) is 5.91 Å². The highest BCUT2D eigenvalue weighted by Crippen LogP contribution is 2.25. The monoisotopic (exact) mass is 392 g/mol. The summed E-state index contributed by atoms with van der Waals surface area (Å²) >= 11 is 1.53. The van der Waals surface area contributed by atoms with Crippen molar-refractivity contribution in [2.24, 2.45) is 5.92 Å². The first-order chi connectivity index (χ1) is 13.7. The number of nitrogens with zero attached hydrogens (tertiary/aromatic N) is 3. The second-order valence-corrected chi connectivity index (χ2v) is 8.19. The van der Waals surface area contributed by atoms with Crippen molar-refractivity contribution < 1.29 is 4.79 Å². The van der Waals surface area contributed by atoms with E-state index >= 15 is 0 Å². The molecule has 1 amide bonds. The predicted molar refractivity (Wildman–Crippen MR) is 115 cm³/mol. The number of amides is 1. The zero-order valence-corrected chi connectivity index (χ0v) is 16.8. The van der Waals surface area contributed by atoms with Gasteiger partial charge in [-0.1, -0.05) is 6.92 Å². The Kier molecular flexibility index (Phi) is 5.67. The molecule has 1 fully saturated rings. The molecule has 2 aromatic heterocycles. The number of hydrogen-bond acceptors (Lipinski definition) is 5. The number of thiazole rings is 1. The molecular formula is C22H24N4OS. The highest BCUT2D eigenvalue weighted by molar-refractivity contribution is 7.13. The lowest BCUT2D eigenvalue weighted by atomic mass is 9.99. The molecule has 3 aromatic rings. The van der Waals surface area contributed by atoms with Crippen LogP contribution >= 0.6 is 11.3 Å². The molecule has 0 aliphatic carbocycles. The molecule has 1 N–H and O–H groups in total. The van der Waals surface area contributed by atoms with Crippen molar-refractivity contribution in [3.05, 3.63) is 59.9 Å². The number of pyridine rings is 1. The Labute approximate surface area is 169 Å². The Morgan fingerprint density at radius 3 is 2.71 bits per heavy atom. The fourth-order valence-electron chi connectivity index (χ4n) is 3.40. The normalized spacial score (nSPS) is 14.8. The molecule has 0 radical (unpaired) electrons. The van der Waals surface area contributed by atoms with Crippen LogP contribution < -0.4 is 10.2 Å². The van der Waals surface area contributed by atoms with E-state index in [9.17, 15) is 4.79 Å². The van der Waals surface area contributed by atoms with Crippen LogP contribution in [-0.4, -0.2) is 29.0 Å². The summed E-state index contributed by atoms with van der Waals surface area (Å²) in [6.45, 7) is 4.53. The largest absolute Gasteiger partial charge is 0.372 e. The maximum atomic E-state index is 12.4. The highest BCUT2D eigenvalue weighted by Gasteiger charge is 2.16. The zero-order chi connectivity index (χ0) is 19.3. The number of hydrogen-bond donors (Lipinski definition) is 1. The van der Waals surface area contributed by atoms with E-state index in [-0.39, 0.29) is 12.3 Å². The van der Waals surface area contributed by atoms with Crippen molar-refractivity contribution in [3.8, 4) is 10.6 Å². The summed E-state index contributed by atoms with van der Waals surface area (Å²) in [5, 5.41) is 5.79. The van der Waals surface area contributed by atoms with Gasteiger partial charge in [0.25, 0.3) is 0 Å². The summed E-state index contributed by atoms with van der Waals surface area (Å²) in [6.07, 6.45) is 6.28. The zero-order valence-electron chi connectivity index (χ0n) is 16.0. The van der Waals surface area contributed by atoms with Crippen LogP contribution in [0.3, 0.4) is 0 Å². The maximum absolute atomic E-state index is 12.4. The van der Waals surface area contributed by atoms with Gasteiger partial charge in [0.05, 0.1) is 12.1 Å². The van der Waals surface area contributed by atoms with E-state index in [0.29, 0.717) is 0 Å². The minimum absolute atomic E-state index is 0.0532. The van der Waals surface area contributed by atoms with Crippen LogP contribution in [0.4, 0.5) is 11.4 Å². The molecule has 0 spiro atoms. The number of aromatic nitrogens is 2. The van der Waals surface area contributed by atoms with E-state index in [1.165, 1.54) is 29.9 Å². The standard InChI is InChI=1S/C22H24N4OS/c1-16-8-11-26(12-9-16)20-6-4-18(5-7-20)24-21(27)13-19-15-28-22(25-19)17-3-2-10-23-14-17/h2-7,10,14-16H,8-9,11-13H2,1H3,(H,24,27). The molecule has 1 aliphatic heterocycles. The van der Waals surface area contributed by atoms with Gasteiger partial charge in [-0.15, -0.1) is 11.3 Å². The van der Waals surface area contributed by atoms with Gasteiger partial charge < -0.3 is 10.2 Å². The third-order valence-corrected chi connectivity index (χ3v) is 6.04. The molecular weight excluding hydrogens is 368 g/mol. The number of anilines is 2. The molecule has 0 atom stereocenters. The topological polar surface area (TPSA) is 58.1 Å². The van der Waals surface area contributed by atoms with Gasteiger partial charge in [0.1, 0.15) is 5.01 Å². The highest BCUT2D eigenvalue weighted by atomic mass is 32.1. The van der Waals surface area contributed by atoms with Gasteiger partial charge in [-0.2, -0.15) is 0 Å². The first-order valence-corrected chi connectivity index (χ1v) is 10.5. The van der Waals surface area contributed by atoms with Crippen molar-refractivity contribution in [2.45, 2.75) is 26.2 Å². The van der Waals surface area contributed by atoms with Crippen LogP contribution in [0.15, 0.2) is 54.2 Å². The van der Waals surface area contributed by atoms with Crippen molar-refractivity contribution in [3.63, 3.8) is 0 Å². The predicted octanol–water partition coefficient (Wildman–Crippen LogP) is 4.62. The van der Waals surface area contributed by atoms with Crippen molar-refractivity contribution in [1.82, 2.24) is 9.97 Å². The summed E-state index contributed by atoms with van der Waals surface area (Å²) in [4.78, 5) is 23.5. The minimum Gasteiger partial charge on any atom is -0.372 e. The molecule has 0 unspecified atom stereocenters. The Balaban J connectivity index is 1.33. The van der Waals surface area contributed by atoms with E-state index in [2.05, 4.69) is 39.2 Å². The molecule has 4 rings (SSSR count). The molecule has 0 bridgehead atoms. The summed E-state index contributed by atoms with van der Waals surface area (Å²) < 4.78 is 0. The number of piperidine rings is 1. The molecule has 0 saturated carbocycles. The fraction of sp³-hybridized carbons (Fsp3) is 0.318. The van der Waals surface area contributed by atoms with Crippen molar-refractivity contribution in [2.75, 3.05) is 23.3 Å². The van der Waals surface area contributed by atoms with Crippen LogP contribution in [0.2, 0.25) is 0 Å². The van der Waals surface area contributed by atoms with E-state index < -0.39 is 0 Å². The summed E-state index contributed by atoms with van der Waals surface area (Å²) in [6, 6.07) is 12.0. The Hall–Kier alpha value is -2.73. The second-order valence-electron chi connectivity index (χ2n) is 7.33. The smallest absolute Gasteiger partial charge is 0.230 e. The number of rotatable bonds is 5. The number of carbonyl (C=O) groups is 1.